The van der Waals surface area contributed by atoms with E-state index in [1.165, 1.54) is 26.0 Å². The van der Waals surface area contributed by atoms with E-state index in [2.05, 4.69) is 0 Å². The molecule has 0 aromatic heterocycles. The van der Waals surface area contributed by atoms with E-state index in [9.17, 15) is 14.7 Å². The highest BCUT2D eigenvalue weighted by Gasteiger charge is 2.71. The molecule has 0 amide bonds. The Morgan fingerprint density at radius 1 is 1.33 bits per heavy atom. The van der Waals surface area contributed by atoms with E-state index in [1.807, 2.05) is 0 Å². The standard InChI is InChI=1S/C12H18O5S/c1-11(15)5-4-7-6-18-8(9(13)16-2)12(7,11)10(14)17-3/h7-8,15H,4-6H2,1-3H3/t7-,8+,11-,12-/m0/s1. The summed E-state index contributed by atoms with van der Waals surface area (Å²) in [4.78, 5) is 24.2. The molecule has 4 atom stereocenters. The Kier molecular flexibility index (Phi) is 3.36. The third-order valence-electron chi connectivity index (χ3n) is 4.33. The zero-order chi connectivity index (χ0) is 13.6. The van der Waals surface area contributed by atoms with Crippen molar-refractivity contribution in [3.63, 3.8) is 0 Å². The molecule has 2 fully saturated rings. The molecule has 0 aromatic rings. The molecule has 0 unspecified atom stereocenters. The Labute approximate surface area is 110 Å². The summed E-state index contributed by atoms with van der Waals surface area (Å²) in [6, 6.07) is 0. The van der Waals surface area contributed by atoms with Crippen LogP contribution in [0, 0.1) is 11.3 Å². The SMILES string of the molecule is COC(=O)[C@H]1SC[C@@H]2CC[C@](C)(O)[C@@]21C(=O)OC. The minimum absolute atomic E-state index is 0.0333. The van der Waals surface area contributed by atoms with E-state index in [4.69, 9.17) is 9.47 Å². The lowest BCUT2D eigenvalue weighted by Crippen LogP contribution is -2.57. The molecular formula is C12H18O5S. The van der Waals surface area contributed by atoms with Gasteiger partial charge in [-0.3, -0.25) is 9.59 Å². The fraction of sp³-hybridized carbons (Fsp3) is 0.833. The zero-order valence-electron chi connectivity index (χ0n) is 10.8. The molecule has 2 aliphatic rings. The summed E-state index contributed by atoms with van der Waals surface area (Å²) in [5.74, 6) is -0.329. The molecule has 0 spiro atoms. The number of methoxy groups -OCH3 is 2. The lowest BCUT2D eigenvalue weighted by Gasteiger charge is -2.40. The number of ether oxygens (including phenoxy) is 2. The summed E-state index contributed by atoms with van der Waals surface area (Å²) in [5, 5.41) is 9.93. The summed E-state index contributed by atoms with van der Waals surface area (Å²) in [6.07, 6.45) is 1.23. The molecule has 1 saturated carbocycles. The molecule has 2 rings (SSSR count). The van der Waals surface area contributed by atoms with Gasteiger partial charge in [0, 0.05) is 0 Å². The third kappa shape index (κ3) is 1.51. The second-order valence-electron chi connectivity index (χ2n) is 5.11. The fourth-order valence-corrected chi connectivity index (χ4v) is 5.30. The lowest BCUT2D eigenvalue weighted by atomic mass is 9.68. The zero-order valence-corrected chi connectivity index (χ0v) is 11.6. The number of hydrogen-bond acceptors (Lipinski definition) is 6. The van der Waals surface area contributed by atoms with Gasteiger partial charge in [0.2, 0.25) is 0 Å². The Morgan fingerprint density at radius 3 is 2.56 bits per heavy atom. The molecule has 1 N–H and O–H groups in total. The Balaban J connectivity index is 2.51. The lowest BCUT2D eigenvalue weighted by molar-refractivity contribution is -0.175. The number of carbonyl (C=O) groups excluding carboxylic acids is 2. The summed E-state index contributed by atoms with van der Waals surface area (Å²) in [5.41, 5.74) is -2.40. The minimum atomic E-state index is -1.23. The van der Waals surface area contributed by atoms with Gasteiger partial charge in [-0.05, 0) is 31.4 Å². The number of fused-ring (bicyclic) bond motifs is 1. The van der Waals surface area contributed by atoms with Gasteiger partial charge in [0.15, 0.2) is 0 Å². The van der Waals surface area contributed by atoms with Gasteiger partial charge in [-0.2, -0.15) is 0 Å². The molecule has 6 heteroatoms. The number of hydrogen-bond donors (Lipinski definition) is 1. The van der Waals surface area contributed by atoms with E-state index in [0.29, 0.717) is 12.2 Å². The fourth-order valence-electron chi connectivity index (χ4n) is 3.41. The van der Waals surface area contributed by atoms with E-state index in [1.54, 1.807) is 6.92 Å². The van der Waals surface area contributed by atoms with Crippen molar-refractivity contribution in [3.05, 3.63) is 0 Å². The predicted molar refractivity (Wildman–Crippen MR) is 66.1 cm³/mol. The molecule has 1 aliphatic carbocycles. The monoisotopic (exact) mass is 274 g/mol. The quantitative estimate of drug-likeness (QED) is 0.743. The van der Waals surface area contributed by atoms with Crippen LogP contribution in [0.25, 0.3) is 0 Å². The first kappa shape index (κ1) is 13.7. The second kappa shape index (κ2) is 4.42. The summed E-state index contributed by atoms with van der Waals surface area (Å²) >= 11 is 1.38. The molecule has 0 radical (unpaired) electrons. The van der Waals surface area contributed by atoms with Crippen molar-refractivity contribution in [3.8, 4) is 0 Å². The van der Waals surface area contributed by atoms with Crippen molar-refractivity contribution < 1.29 is 24.2 Å². The van der Waals surface area contributed by atoms with Crippen molar-refractivity contribution in [1.82, 2.24) is 0 Å². The Morgan fingerprint density at radius 2 is 2.00 bits per heavy atom. The molecule has 1 heterocycles. The largest absolute Gasteiger partial charge is 0.468 e. The van der Waals surface area contributed by atoms with Crippen LogP contribution in [0.3, 0.4) is 0 Å². The molecule has 18 heavy (non-hydrogen) atoms. The van der Waals surface area contributed by atoms with Crippen molar-refractivity contribution >= 4 is 23.7 Å². The first-order chi connectivity index (χ1) is 8.41. The van der Waals surface area contributed by atoms with Gasteiger partial charge < -0.3 is 14.6 Å². The smallest absolute Gasteiger partial charge is 0.320 e. The van der Waals surface area contributed by atoms with Crippen LogP contribution < -0.4 is 0 Å². The van der Waals surface area contributed by atoms with E-state index in [0.717, 1.165) is 6.42 Å². The summed E-state index contributed by atoms with van der Waals surface area (Å²) < 4.78 is 9.66. The van der Waals surface area contributed by atoms with Crippen LogP contribution in [0.4, 0.5) is 0 Å². The highest BCUT2D eigenvalue weighted by Crippen LogP contribution is 2.62. The van der Waals surface area contributed by atoms with Crippen molar-refractivity contribution in [1.29, 1.82) is 0 Å². The van der Waals surface area contributed by atoms with E-state index >= 15 is 0 Å². The average molecular weight is 274 g/mol. The number of aliphatic hydroxyl groups is 1. The van der Waals surface area contributed by atoms with Gasteiger partial charge in [0.05, 0.1) is 19.8 Å². The van der Waals surface area contributed by atoms with Gasteiger partial charge in [-0.25, -0.2) is 0 Å². The number of esters is 2. The maximum atomic E-state index is 12.3. The first-order valence-corrected chi connectivity index (χ1v) is 6.97. The second-order valence-corrected chi connectivity index (χ2v) is 6.24. The molecule has 1 saturated heterocycles. The van der Waals surface area contributed by atoms with Crippen LogP contribution in [0.5, 0.6) is 0 Å². The molecule has 5 nitrogen and oxygen atoms in total. The van der Waals surface area contributed by atoms with Crippen molar-refractivity contribution in [2.75, 3.05) is 20.0 Å². The van der Waals surface area contributed by atoms with Crippen LogP contribution in [0.1, 0.15) is 19.8 Å². The van der Waals surface area contributed by atoms with Crippen LogP contribution in [0.2, 0.25) is 0 Å². The molecule has 0 bridgehead atoms. The predicted octanol–water partition coefficient (Wildman–Crippen LogP) is 0.595. The maximum absolute atomic E-state index is 12.3. The van der Waals surface area contributed by atoms with Gasteiger partial charge >= 0.3 is 11.9 Å². The maximum Gasteiger partial charge on any atom is 0.320 e. The Bertz CT molecular complexity index is 381. The number of thioether (sulfide) groups is 1. The summed E-state index contributed by atoms with van der Waals surface area (Å²) in [7, 11) is 2.59. The molecule has 102 valence electrons. The third-order valence-corrected chi connectivity index (χ3v) is 5.82. The van der Waals surface area contributed by atoms with Gasteiger partial charge in [-0.15, -0.1) is 11.8 Å². The topological polar surface area (TPSA) is 72.8 Å². The molecule has 1 aliphatic heterocycles. The highest BCUT2D eigenvalue weighted by atomic mass is 32.2. The highest BCUT2D eigenvalue weighted by molar-refractivity contribution is 8.01. The number of carbonyl (C=O) groups is 2. The van der Waals surface area contributed by atoms with Gasteiger partial charge in [0.25, 0.3) is 0 Å². The van der Waals surface area contributed by atoms with Crippen molar-refractivity contribution in [2.24, 2.45) is 11.3 Å². The van der Waals surface area contributed by atoms with Crippen LogP contribution >= 0.6 is 11.8 Å². The minimum Gasteiger partial charge on any atom is -0.468 e. The van der Waals surface area contributed by atoms with Crippen LogP contribution in [-0.4, -0.2) is 47.9 Å². The normalized spacial score (nSPS) is 42.4. The van der Waals surface area contributed by atoms with Crippen molar-refractivity contribution in [2.45, 2.75) is 30.6 Å². The van der Waals surface area contributed by atoms with Crippen LogP contribution in [-0.2, 0) is 19.1 Å². The molecular weight excluding hydrogens is 256 g/mol. The van der Waals surface area contributed by atoms with Gasteiger partial charge in [0.1, 0.15) is 10.7 Å². The van der Waals surface area contributed by atoms with E-state index in [-0.39, 0.29) is 5.92 Å². The van der Waals surface area contributed by atoms with Gasteiger partial charge in [-0.1, -0.05) is 0 Å². The number of rotatable bonds is 2. The summed E-state index contributed by atoms with van der Waals surface area (Å²) in [6.45, 7) is 1.62. The first-order valence-electron chi connectivity index (χ1n) is 5.92. The van der Waals surface area contributed by atoms with E-state index < -0.39 is 28.2 Å². The average Bonchev–Trinajstić information content (AvgIpc) is 2.85. The Hall–Kier alpha value is -0.750. The molecule has 0 aromatic carbocycles. The van der Waals surface area contributed by atoms with Crippen LogP contribution in [0.15, 0.2) is 0 Å².